The molecule has 1 atom stereocenters. The number of hydrogen-bond acceptors (Lipinski definition) is 3. The van der Waals surface area contributed by atoms with Gasteiger partial charge in [-0.05, 0) is 55.2 Å². The van der Waals surface area contributed by atoms with Crippen LogP contribution in [0.2, 0.25) is 0 Å². The molecule has 0 aliphatic carbocycles. The highest BCUT2D eigenvalue weighted by molar-refractivity contribution is 6.03. The molecule has 1 heterocycles. The van der Waals surface area contributed by atoms with E-state index in [4.69, 9.17) is 4.74 Å². The topological polar surface area (TPSA) is 58.6 Å². The van der Waals surface area contributed by atoms with Crippen LogP contribution in [0.5, 0.6) is 5.75 Å². The fraction of sp³-hybridized carbons (Fsp3) is 0.417. The third kappa shape index (κ3) is 4.97. The van der Waals surface area contributed by atoms with Gasteiger partial charge < -0.3 is 15.0 Å². The number of hydrogen-bond donors (Lipinski definition) is 1. The highest BCUT2D eigenvalue weighted by Gasteiger charge is 2.35. The van der Waals surface area contributed by atoms with Gasteiger partial charge in [0.05, 0.1) is 12.0 Å². The van der Waals surface area contributed by atoms with E-state index < -0.39 is 0 Å². The summed E-state index contributed by atoms with van der Waals surface area (Å²) in [5.41, 5.74) is 2.60. The Morgan fingerprint density at radius 1 is 1.10 bits per heavy atom. The molecule has 5 nitrogen and oxygen atoms in total. The lowest BCUT2D eigenvalue weighted by molar-refractivity contribution is -0.122. The van der Waals surface area contributed by atoms with Gasteiger partial charge in [-0.2, -0.15) is 0 Å². The van der Waals surface area contributed by atoms with Crippen LogP contribution in [0.25, 0.3) is 0 Å². The Morgan fingerprint density at radius 2 is 1.76 bits per heavy atom. The summed E-state index contributed by atoms with van der Waals surface area (Å²) in [6.07, 6.45) is 0.312. The van der Waals surface area contributed by atoms with Crippen molar-refractivity contribution < 1.29 is 14.3 Å². The average molecular weight is 395 g/mol. The van der Waals surface area contributed by atoms with E-state index in [9.17, 15) is 9.59 Å². The highest BCUT2D eigenvalue weighted by Crippen LogP contribution is 2.31. The predicted octanol–water partition coefficient (Wildman–Crippen LogP) is 4.76. The fourth-order valence-electron chi connectivity index (χ4n) is 3.59. The number of benzene rings is 2. The molecule has 1 N–H and O–H groups in total. The third-order valence-corrected chi connectivity index (χ3v) is 5.01. The van der Waals surface area contributed by atoms with Gasteiger partial charge in [-0.25, -0.2) is 0 Å². The number of rotatable bonds is 5. The van der Waals surface area contributed by atoms with Gasteiger partial charge in [-0.1, -0.05) is 39.0 Å². The molecule has 0 bridgehead atoms. The number of amides is 2. The van der Waals surface area contributed by atoms with E-state index in [1.165, 1.54) is 0 Å². The SMILES string of the molecule is CC(C)Oc1ccc(N2CC(C(=O)Nc3ccccc3C(C)(C)C)CC2=O)cc1. The minimum atomic E-state index is -0.373. The molecule has 1 saturated heterocycles. The van der Waals surface area contributed by atoms with Crippen LogP contribution in [0, 0.1) is 5.92 Å². The molecule has 0 aromatic heterocycles. The largest absolute Gasteiger partial charge is 0.491 e. The van der Waals surface area contributed by atoms with Gasteiger partial charge in [0.1, 0.15) is 5.75 Å². The zero-order valence-electron chi connectivity index (χ0n) is 17.9. The summed E-state index contributed by atoms with van der Waals surface area (Å²) in [6.45, 7) is 10.7. The normalized spacial score (nSPS) is 17.0. The van der Waals surface area contributed by atoms with Crippen LogP contribution in [0.3, 0.4) is 0 Å². The highest BCUT2D eigenvalue weighted by atomic mass is 16.5. The summed E-state index contributed by atoms with van der Waals surface area (Å²) in [5.74, 6) is 0.245. The molecule has 2 amide bonds. The number of ether oxygens (including phenoxy) is 1. The maximum Gasteiger partial charge on any atom is 0.229 e. The lowest BCUT2D eigenvalue weighted by Crippen LogP contribution is -2.28. The fourth-order valence-corrected chi connectivity index (χ4v) is 3.59. The van der Waals surface area contributed by atoms with E-state index in [2.05, 4.69) is 26.1 Å². The van der Waals surface area contributed by atoms with Crippen molar-refractivity contribution in [3.8, 4) is 5.75 Å². The number of nitrogens with zero attached hydrogens (tertiary/aromatic N) is 1. The van der Waals surface area contributed by atoms with Crippen molar-refractivity contribution in [2.75, 3.05) is 16.8 Å². The van der Waals surface area contributed by atoms with Crippen molar-refractivity contribution >= 4 is 23.2 Å². The molecule has 1 unspecified atom stereocenters. The van der Waals surface area contributed by atoms with E-state index in [1.54, 1.807) is 4.90 Å². The second-order valence-electron chi connectivity index (χ2n) is 8.85. The quantitative estimate of drug-likeness (QED) is 0.795. The van der Waals surface area contributed by atoms with Gasteiger partial charge >= 0.3 is 0 Å². The first-order valence-electron chi connectivity index (χ1n) is 10.1. The summed E-state index contributed by atoms with van der Waals surface area (Å²) in [5, 5.41) is 3.04. The number of para-hydroxylation sites is 1. The Balaban J connectivity index is 1.70. The second-order valence-corrected chi connectivity index (χ2v) is 8.85. The number of carbonyl (C=O) groups is 2. The summed E-state index contributed by atoms with van der Waals surface area (Å²) >= 11 is 0. The monoisotopic (exact) mass is 394 g/mol. The van der Waals surface area contributed by atoms with Crippen molar-refractivity contribution in [1.82, 2.24) is 0 Å². The molecular weight excluding hydrogens is 364 g/mol. The van der Waals surface area contributed by atoms with Crippen LogP contribution in [0.4, 0.5) is 11.4 Å². The number of carbonyl (C=O) groups excluding carboxylic acids is 2. The second kappa shape index (κ2) is 8.27. The van der Waals surface area contributed by atoms with Crippen LogP contribution < -0.4 is 15.0 Å². The first-order chi connectivity index (χ1) is 13.6. The minimum absolute atomic E-state index is 0.0354. The van der Waals surface area contributed by atoms with Crippen molar-refractivity contribution in [1.29, 1.82) is 0 Å². The third-order valence-electron chi connectivity index (χ3n) is 5.01. The molecule has 2 aromatic carbocycles. The lowest BCUT2D eigenvalue weighted by Gasteiger charge is -2.23. The Bertz CT molecular complexity index is 882. The van der Waals surface area contributed by atoms with Gasteiger partial charge in [0.2, 0.25) is 11.8 Å². The van der Waals surface area contributed by atoms with E-state index in [1.807, 2.05) is 62.4 Å². The molecule has 0 radical (unpaired) electrons. The van der Waals surface area contributed by atoms with E-state index in [0.717, 1.165) is 22.7 Å². The first kappa shape index (κ1) is 20.9. The molecule has 1 fully saturated rings. The average Bonchev–Trinajstić information content (AvgIpc) is 3.03. The molecule has 29 heavy (non-hydrogen) atoms. The molecule has 154 valence electrons. The van der Waals surface area contributed by atoms with Crippen molar-refractivity contribution in [2.45, 2.75) is 52.6 Å². The zero-order valence-corrected chi connectivity index (χ0v) is 17.9. The van der Waals surface area contributed by atoms with Crippen LogP contribution in [-0.4, -0.2) is 24.5 Å². The first-order valence-corrected chi connectivity index (χ1v) is 10.1. The van der Waals surface area contributed by atoms with Crippen molar-refractivity contribution in [2.24, 2.45) is 5.92 Å². The van der Waals surface area contributed by atoms with Gasteiger partial charge in [0.25, 0.3) is 0 Å². The smallest absolute Gasteiger partial charge is 0.229 e. The Hall–Kier alpha value is -2.82. The molecule has 3 rings (SSSR count). The van der Waals surface area contributed by atoms with E-state index in [0.29, 0.717) is 6.54 Å². The van der Waals surface area contributed by atoms with Gasteiger partial charge in [0, 0.05) is 24.3 Å². The van der Waals surface area contributed by atoms with Crippen LogP contribution in [0.1, 0.15) is 46.6 Å². The summed E-state index contributed by atoms with van der Waals surface area (Å²) in [6, 6.07) is 15.3. The molecule has 0 spiro atoms. The molecule has 0 saturated carbocycles. The Kier molecular flexibility index (Phi) is 5.96. The molecule has 5 heteroatoms. The minimum Gasteiger partial charge on any atom is -0.491 e. The number of anilines is 2. The van der Waals surface area contributed by atoms with E-state index in [-0.39, 0.29) is 35.7 Å². The maximum absolute atomic E-state index is 12.9. The molecule has 2 aromatic rings. The van der Waals surface area contributed by atoms with Gasteiger partial charge in [-0.15, -0.1) is 0 Å². The van der Waals surface area contributed by atoms with Crippen molar-refractivity contribution in [3.05, 3.63) is 54.1 Å². The molecule has 1 aliphatic heterocycles. The van der Waals surface area contributed by atoms with Crippen molar-refractivity contribution in [3.63, 3.8) is 0 Å². The Labute approximate surface area is 173 Å². The zero-order chi connectivity index (χ0) is 21.2. The maximum atomic E-state index is 12.9. The molecule has 1 aliphatic rings. The van der Waals surface area contributed by atoms with Crippen LogP contribution in [-0.2, 0) is 15.0 Å². The van der Waals surface area contributed by atoms with Crippen LogP contribution >= 0.6 is 0 Å². The van der Waals surface area contributed by atoms with Crippen LogP contribution in [0.15, 0.2) is 48.5 Å². The summed E-state index contributed by atoms with van der Waals surface area (Å²) in [7, 11) is 0. The lowest BCUT2D eigenvalue weighted by atomic mass is 9.85. The standard InChI is InChI=1S/C24H30N2O3/c1-16(2)29-19-12-10-18(11-13-19)26-15-17(14-22(26)27)23(28)25-21-9-7-6-8-20(21)24(3,4)5/h6-13,16-17H,14-15H2,1-5H3,(H,25,28). The molecular formula is C24H30N2O3. The number of nitrogens with one attached hydrogen (secondary N) is 1. The van der Waals surface area contributed by atoms with Gasteiger partial charge in [0.15, 0.2) is 0 Å². The predicted molar refractivity (Wildman–Crippen MR) is 116 cm³/mol. The van der Waals surface area contributed by atoms with E-state index >= 15 is 0 Å². The Morgan fingerprint density at radius 3 is 2.38 bits per heavy atom. The summed E-state index contributed by atoms with van der Waals surface area (Å²) < 4.78 is 5.66. The summed E-state index contributed by atoms with van der Waals surface area (Å²) in [4.78, 5) is 27.1. The van der Waals surface area contributed by atoms with Gasteiger partial charge in [-0.3, -0.25) is 9.59 Å².